The van der Waals surface area contributed by atoms with Crippen LogP contribution in [0.1, 0.15) is 0 Å². The van der Waals surface area contributed by atoms with Gasteiger partial charge in [0.25, 0.3) is 0 Å². The van der Waals surface area contributed by atoms with Gasteiger partial charge < -0.3 is 20.1 Å². The highest BCUT2D eigenvalue weighted by atomic mass is 16.5. The zero-order valence-electron chi connectivity index (χ0n) is 7.50. The molecule has 1 fully saturated rings. The topological polar surface area (TPSA) is 146 Å². The lowest BCUT2D eigenvalue weighted by Crippen LogP contribution is -2.68. The van der Waals surface area contributed by atoms with E-state index in [2.05, 4.69) is 10.9 Å². The molecule has 0 aromatic rings. The van der Waals surface area contributed by atoms with Crippen molar-refractivity contribution in [3.8, 4) is 0 Å². The summed E-state index contributed by atoms with van der Waals surface area (Å²) < 4.78 is 5.13. The van der Waals surface area contributed by atoms with E-state index in [-0.39, 0.29) is 0 Å². The van der Waals surface area contributed by atoms with Crippen molar-refractivity contribution >= 4 is 0 Å². The van der Waals surface area contributed by atoms with Gasteiger partial charge in [0.15, 0.2) is 0 Å². The number of hydrazine groups is 2. The molecule has 9 N–H and O–H groups in total. The van der Waals surface area contributed by atoms with Crippen LogP contribution in [-0.2, 0) is 4.74 Å². The van der Waals surface area contributed by atoms with Gasteiger partial charge in [-0.1, -0.05) is 0 Å². The molecule has 1 rings (SSSR count). The summed E-state index contributed by atoms with van der Waals surface area (Å²) in [5, 5.41) is 27.8. The van der Waals surface area contributed by atoms with Gasteiger partial charge >= 0.3 is 0 Å². The maximum atomic E-state index is 9.56. The van der Waals surface area contributed by atoms with Gasteiger partial charge in [-0.3, -0.25) is 17.1 Å². The van der Waals surface area contributed by atoms with Gasteiger partial charge in [-0.2, -0.15) is 0 Å². The SMILES string of the molecule is NN[C@H]1[C@@H](O)[C@H](O)[C@@H](CO)O[C@H]1NN. The first-order chi connectivity index (χ1) is 6.65. The van der Waals surface area contributed by atoms with Crippen LogP contribution in [0.25, 0.3) is 0 Å². The molecule has 0 aromatic heterocycles. The average Bonchev–Trinajstić information content (AvgIpc) is 2.21. The summed E-state index contributed by atoms with van der Waals surface area (Å²) in [6.07, 6.45) is -4.01. The second-order valence-corrected chi connectivity index (χ2v) is 3.12. The number of aliphatic hydroxyl groups excluding tert-OH is 3. The molecule has 1 aliphatic heterocycles. The highest BCUT2D eigenvalue weighted by Gasteiger charge is 2.43. The minimum atomic E-state index is -1.20. The molecule has 8 nitrogen and oxygen atoms in total. The van der Waals surface area contributed by atoms with Gasteiger partial charge in [0.05, 0.1) is 12.6 Å². The van der Waals surface area contributed by atoms with Crippen molar-refractivity contribution in [2.75, 3.05) is 6.61 Å². The molecular formula is C6H16N4O4. The van der Waals surface area contributed by atoms with Crippen LogP contribution >= 0.6 is 0 Å². The van der Waals surface area contributed by atoms with E-state index in [0.717, 1.165) is 0 Å². The molecule has 0 amide bonds. The Hall–Kier alpha value is -0.320. The normalized spacial score (nSPS) is 43.9. The second-order valence-electron chi connectivity index (χ2n) is 3.12. The molecule has 0 spiro atoms. The van der Waals surface area contributed by atoms with Crippen LogP contribution in [0.4, 0.5) is 0 Å². The van der Waals surface area contributed by atoms with Crippen molar-refractivity contribution in [2.45, 2.75) is 30.6 Å². The fraction of sp³-hybridized carbons (Fsp3) is 1.00. The van der Waals surface area contributed by atoms with E-state index >= 15 is 0 Å². The summed E-state index contributed by atoms with van der Waals surface area (Å²) in [6.45, 7) is -0.409. The van der Waals surface area contributed by atoms with Crippen molar-refractivity contribution in [1.29, 1.82) is 0 Å². The summed E-state index contributed by atoms with van der Waals surface area (Å²) in [7, 11) is 0. The Kier molecular flexibility index (Phi) is 4.16. The molecule has 0 aromatic carbocycles. The fourth-order valence-corrected chi connectivity index (χ4v) is 1.44. The van der Waals surface area contributed by atoms with Crippen LogP contribution in [-0.4, -0.2) is 52.5 Å². The van der Waals surface area contributed by atoms with Gasteiger partial charge in [0, 0.05) is 0 Å². The molecule has 5 atom stereocenters. The minimum absolute atomic E-state index is 0.409. The lowest BCUT2D eigenvalue weighted by molar-refractivity contribution is -0.202. The first kappa shape index (κ1) is 11.8. The number of hydrogen-bond acceptors (Lipinski definition) is 8. The van der Waals surface area contributed by atoms with Crippen molar-refractivity contribution in [1.82, 2.24) is 10.9 Å². The lowest BCUT2D eigenvalue weighted by Gasteiger charge is -2.41. The largest absolute Gasteiger partial charge is 0.394 e. The van der Waals surface area contributed by atoms with E-state index in [9.17, 15) is 10.2 Å². The Morgan fingerprint density at radius 1 is 1.14 bits per heavy atom. The van der Waals surface area contributed by atoms with Crippen molar-refractivity contribution in [3.05, 3.63) is 0 Å². The van der Waals surface area contributed by atoms with E-state index in [4.69, 9.17) is 21.5 Å². The van der Waals surface area contributed by atoms with Gasteiger partial charge in [-0.15, -0.1) is 0 Å². The summed E-state index contributed by atoms with van der Waals surface area (Å²) in [4.78, 5) is 0. The molecule has 8 heteroatoms. The van der Waals surface area contributed by atoms with Crippen molar-refractivity contribution < 1.29 is 20.1 Å². The predicted octanol–water partition coefficient (Wildman–Crippen LogP) is -4.28. The van der Waals surface area contributed by atoms with Crippen LogP contribution < -0.4 is 22.5 Å². The number of ether oxygens (including phenoxy) is 1. The lowest BCUT2D eigenvalue weighted by atomic mass is 9.97. The van der Waals surface area contributed by atoms with Crippen LogP contribution in [0.15, 0.2) is 0 Å². The van der Waals surface area contributed by atoms with Gasteiger partial charge in [0.1, 0.15) is 24.5 Å². The zero-order chi connectivity index (χ0) is 10.7. The third-order valence-electron chi connectivity index (χ3n) is 2.28. The van der Waals surface area contributed by atoms with E-state index < -0.39 is 37.2 Å². The number of nitrogens with one attached hydrogen (secondary N) is 2. The standard InChI is InChI=1S/C6H16N4O4/c7-9-3-5(13)4(12)2(1-11)14-6(3)10-8/h2-6,9-13H,1,7-8H2/t2-,3+,4-,5-,6-/m1/s1. The molecule has 14 heavy (non-hydrogen) atoms. The van der Waals surface area contributed by atoms with E-state index in [0.29, 0.717) is 0 Å². The quantitative estimate of drug-likeness (QED) is 0.182. The number of hydrogen-bond donors (Lipinski definition) is 7. The Morgan fingerprint density at radius 2 is 1.79 bits per heavy atom. The van der Waals surface area contributed by atoms with Crippen LogP contribution in [0, 0.1) is 0 Å². The van der Waals surface area contributed by atoms with E-state index in [1.54, 1.807) is 0 Å². The summed E-state index contributed by atoms with van der Waals surface area (Å²) in [5.74, 6) is 10.3. The zero-order valence-corrected chi connectivity index (χ0v) is 7.50. The number of nitrogens with two attached hydrogens (primary N) is 2. The molecule has 0 saturated carbocycles. The summed E-state index contributed by atoms with van der Waals surface area (Å²) in [6, 6.07) is -0.738. The Balaban J connectivity index is 2.71. The first-order valence-corrected chi connectivity index (χ1v) is 4.20. The number of rotatable bonds is 3. The highest BCUT2D eigenvalue weighted by Crippen LogP contribution is 2.18. The molecule has 0 radical (unpaired) electrons. The third kappa shape index (κ3) is 2.02. The molecule has 1 aliphatic rings. The fourth-order valence-electron chi connectivity index (χ4n) is 1.44. The Labute approximate surface area is 80.8 Å². The predicted molar refractivity (Wildman–Crippen MR) is 46.2 cm³/mol. The van der Waals surface area contributed by atoms with Gasteiger partial charge in [-0.25, -0.2) is 5.43 Å². The second kappa shape index (κ2) is 4.96. The molecule has 1 heterocycles. The summed E-state index contributed by atoms with van der Waals surface area (Å²) >= 11 is 0. The van der Waals surface area contributed by atoms with Crippen molar-refractivity contribution in [2.24, 2.45) is 11.7 Å². The van der Waals surface area contributed by atoms with Crippen LogP contribution in [0.3, 0.4) is 0 Å². The molecular weight excluding hydrogens is 192 g/mol. The molecule has 0 unspecified atom stereocenters. The van der Waals surface area contributed by atoms with Crippen molar-refractivity contribution in [3.63, 3.8) is 0 Å². The third-order valence-corrected chi connectivity index (χ3v) is 2.28. The van der Waals surface area contributed by atoms with Gasteiger partial charge in [-0.05, 0) is 0 Å². The highest BCUT2D eigenvalue weighted by molar-refractivity contribution is 4.93. The van der Waals surface area contributed by atoms with E-state index in [1.807, 2.05) is 0 Å². The summed E-state index contributed by atoms with van der Waals surface area (Å²) in [5.41, 5.74) is 4.54. The smallest absolute Gasteiger partial charge is 0.140 e. The Morgan fingerprint density at radius 3 is 2.21 bits per heavy atom. The maximum Gasteiger partial charge on any atom is 0.140 e. The molecule has 0 bridgehead atoms. The van der Waals surface area contributed by atoms with Crippen LogP contribution in [0.2, 0.25) is 0 Å². The first-order valence-electron chi connectivity index (χ1n) is 4.20. The average molecular weight is 208 g/mol. The van der Waals surface area contributed by atoms with Gasteiger partial charge in [0.2, 0.25) is 0 Å². The van der Waals surface area contributed by atoms with Crippen LogP contribution in [0.5, 0.6) is 0 Å². The molecule has 0 aliphatic carbocycles. The van der Waals surface area contributed by atoms with E-state index in [1.165, 1.54) is 0 Å². The maximum absolute atomic E-state index is 9.56. The Bertz CT molecular complexity index is 181. The monoisotopic (exact) mass is 208 g/mol. The molecule has 1 saturated heterocycles. The number of aliphatic hydroxyl groups is 3. The molecule has 84 valence electrons. The minimum Gasteiger partial charge on any atom is -0.394 e.